The highest BCUT2D eigenvalue weighted by molar-refractivity contribution is 7.91. The van der Waals surface area contributed by atoms with E-state index < -0.39 is 34.4 Å². The summed E-state index contributed by atoms with van der Waals surface area (Å²) in [6.45, 7) is 3.34. The number of para-hydroxylation sites is 1. The van der Waals surface area contributed by atoms with E-state index in [0.717, 1.165) is 5.56 Å². The maximum absolute atomic E-state index is 13.1. The molecule has 1 aliphatic rings. The molecule has 2 aromatic carbocycles. The van der Waals surface area contributed by atoms with Gasteiger partial charge < -0.3 is 9.64 Å². The summed E-state index contributed by atoms with van der Waals surface area (Å²) in [5.41, 5.74) is 2.33. The number of esters is 1. The van der Waals surface area contributed by atoms with Gasteiger partial charge >= 0.3 is 5.97 Å². The summed E-state index contributed by atoms with van der Waals surface area (Å²) in [4.78, 5) is 27.8. The zero-order chi connectivity index (χ0) is 25.0. The Morgan fingerprint density at radius 1 is 1.11 bits per heavy atom. The van der Waals surface area contributed by atoms with Gasteiger partial charge in [-0.15, -0.1) is 0 Å². The third-order valence-electron chi connectivity index (χ3n) is 6.27. The zero-order valence-corrected chi connectivity index (χ0v) is 20.6. The smallest absolute Gasteiger partial charge is 0.357 e. The van der Waals surface area contributed by atoms with Gasteiger partial charge in [0.15, 0.2) is 22.1 Å². The number of rotatable bonds is 8. The van der Waals surface area contributed by atoms with Crippen LogP contribution in [-0.4, -0.2) is 65.2 Å². The standard InChI is InChI=1S/C26H29N3O5S/c1-3-19(2)28(22-14-15-35(32,33)18-22)25(30)17-34-26(31)24-16-23(20-10-6-4-7-11-20)27-29(24)21-12-8-5-9-13-21/h4-13,16,19,22H,3,14-15,17-18H2,1-2H3/t19-,22-/m1/s1. The van der Waals surface area contributed by atoms with Crippen LogP contribution in [0.4, 0.5) is 0 Å². The van der Waals surface area contributed by atoms with Gasteiger partial charge in [0.25, 0.3) is 5.91 Å². The van der Waals surface area contributed by atoms with E-state index in [1.54, 1.807) is 11.0 Å². The third kappa shape index (κ3) is 5.62. The molecule has 1 aromatic heterocycles. The SMILES string of the molecule is CC[C@@H](C)N(C(=O)COC(=O)c1cc(-c2ccccc2)nn1-c1ccccc1)[C@@H]1CCS(=O)(=O)C1. The lowest BCUT2D eigenvalue weighted by Gasteiger charge is -2.33. The predicted molar refractivity (Wildman–Crippen MR) is 133 cm³/mol. The summed E-state index contributed by atoms with van der Waals surface area (Å²) in [6.07, 6.45) is 1.06. The molecule has 0 radical (unpaired) electrons. The second-order valence-electron chi connectivity index (χ2n) is 8.72. The third-order valence-corrected chi connectivity index (χ3v) is 8.02. The quantitative estimate of drug-likeness (QED) is 0.444. The highest BCUT2D eigenvalue weighted by Gasteiger charge is 2.37. The van der Waals surface area contributed by atoms with Crippen LogP contribution in [-0.2, 0) is 19.4 Å². The Morgan fingerprint density at radius 2 is 1.77 bits per heavy atom. The van der Waals surface area contributed by atoms with Crippen molar-refractivity contribution >= 4 is 21.7 Å². The van der Waals surface area contributed by atoms with Crippen LogP contribution in [0.3, 0.4) is 0 Å². The zero-order valence-electron chi connectivity index (χ0n) is 19.8. The molecule has 35 heavy (non-hydrogen) atoms. The summed E-state index contributed by atoms with van der Waals surface area (Å²) in [6, 6.07) is 19.8. The Morgan fingerprint density at radius 3 is 2.37 bits per heavy atom. The van der Waals surface area contributed by atoms with Gasteiger partial charge in [-0.25, -0.2) is 17.9 Å². The molecule has 1 aliphatic heterocycles. The number of aromatic nitrogens is 2. The van der Waals surface area contributed by atoms with Crippen LogP contribution in [0.5, 0.6) is 0 Å². The molecule has 184 valence electrons. The molecule has 1 fully saturated rings. The van der Waals surface area contributed by atoms with Crippen LogP contribution in [0.15, 0.2) is 66.7 Å². The normalized spacial score (nSPS) is 17.6. The number of ether oxygens (including phenoxy) is 1. The van der Waals surface area contributed by atoms with Gasteiger partial charge in [0.05, 0.1) is 22.9 Å². The Labute approximate surface area is 205 Å². The van der Waals surface area contributed by atoms with Gasteiger partial charge in [-0.1, -0.05) is 55.5 Å². The molecule has 8 nitrogen and oxygen atoms in total. The molecule has 0 bridgehead atoms. The highest BCUT2D eigenvalue weighted by Crippen LogP contribution is 2.24. The molecule has 1 amide bonds. The average molecular weight is 496 g/mol. The van der Waals surface area contributed by atoms with Crippen molar-refractivity contribution in [3.8, 4) is 16.9 Å². The molecule has 0 unspecified atom stereocenters. The van der Waals surface area contributed by atoms with E-state index in [2.05, 4.69) is 5.10 Å². The number of hydrogen-bond acceptors (Lipinski definition) is 6. The largest absolute Gasteiger partial charge is 0.451 e. The molecule has 0 N–H and O–H groups in total. The maximum Gasteiger partial charge on any atom is 0.357 e. The van der Waals surface area contributed by atoms with Crippen LogP contribution in [0.25, 0.3) is 16.9 Å². The summed E-state index contributed by atoms with van der Waals surface area (Å²) >= 11 is 0. The van der Waals surface area contributed by atoms with Crippen LogP contribution in [0.1, 0.15) is 37.2 Å². The number of benzene rings is 2. The Bertz CT molecular complexity index is 1290. The number of hydrogen-bond donors (Lipinski definition) is 0. The molecule has 0 aliphatic carbocycles. The fraction of sp³-hybridized carbons (Fsp3) is 0.346. The maximum atomic E-state index is 13.1. The fourth-order valence-corrected chi connectivity index (χ4v) is 6.03. The fourth-order valence-electron chi connectivity index (χ4n) is 4.32. The van der Waals surface area contributed by atoms with Crippen LogP contribution >= 0.6 is 0 Å². The first-order valence-electron chi connectivity index (χ1n) is 11.7. The Hall–Kier alpha value is -3.46. The number of carbonyl (C=O) groups is 2. The molecule has 2 atom stereocenters. The minimum absolute atomic E-state index is 0.0573. The molecular weight excluding hydrogens is 466 g/mol. The van der Waals surface area contributed by atoms with Gasteiger partial charge in [0, 0.05) is 17.6 Å². The lowest BCUT2D eigenvalue weighted by atomic mass is 10.1. The van der Waals surface area contributed by atoms with Crippen molar-refractivity contribution in [1.82, 2.24) is 14.7 Å². The monoisotopic (exact) mass is 495 g/mol. The van der Waals surface area contributed by atoms with Crippen molar-refractivity contribution in [3.05, 3.63) is 72.4 Å². The number of nitrogens with zero attached hydrogens (tertiary/aromatic N) is 3. The van der Waals surface area contributed by atoms with Gasteiger partial charge in [-0.05, 0) is 38.0 Å². The number of amides is 1. The van der Waals surface area contributed by atoms with Crippen molar-refractivity contribution in [1.29, 1.82) is 0 Å². The summed E-state index contributed by atoms with van der Waals surface area (Å²) < 4.78 is 30.9. The lowest BCUT2D eigenvalue weighted by molar-refractivity contribution is -0.138. The molecule has 4 rings (SSSR count). The van der Waals surface area contributed by atoms with Crippen molar-refractivity contribution in [2.75, 3.05) is 18.1 Å². The predicted octanol–water partition coefficient (Wildman–Crippen LogP) is 3.51. The second kappa shape index (κ2) is 10.4. The van der Waals surface area contributed by atoms with Crippen molar-refractivity contribution < 1.29 is 22.7 Å². The van der Waals surface area contributed by atoms with E-state index in [0.29, 0.717) is 24.2 Å². The second-order valence-corrected chi connectivity index (χ2v) is 10.9. The molecular formula is C26H29N3O5S. The summed E-state index contributed by atoms with van der Waals surface area (Å²) in [5.74, 6) is -1.07. The molecule has 0 spiro atoms. The summed E-state index contributed by atoms with van der Waals surface area (Å²) in [7, 11) is -3.16. The van der Waals surface area contributed by atoms with Crippen molar-refractivity contribution in [3.63, 3.8) is 0 Å². The van der Waals surface area contributed by atoms with Crippen LogP contribution in [0, 0.1) is 0 Å². The Kier molecular flexibility index (Phi) is 7.35. The van der Waals surface area contributed by atoms with E-state index in [-0.39, 0.29) is 23.2 Å². The van der Waals surface area contributed by atoms with E-state index in [9.17, 15) is 18.0 Å². The van der Waals surface area contributed by atoms with Crippen molar-refractivity contribution in [2.45, 2.75) is 38.8 Å². The van der Waals surface area contributed by atoms with Gasteiger partial charge in [-0.3, -0.25) is 4.79 Å². The first-order chi connectivity index (χ1) is 16.8. The molecule has 2 heterocycles. The first kappa shape index (κ1) is 24.7. The van der Waals surface area contributed by atoms with Crippen LogP contribution < -0.4 is 0 Å². The topological polar surface area (TPSA) is 98.6 Å². The molecule has 9 heteroatoms. The van der Waals surface area contributed by atoms with Crippen molar-refractivity contribution in [2.24, 2.45) is 0 Å². The minimum Gasteiger partial charge on any atom is -0.451 e. The molecule has 3 aromatic rings. The molecule has 0 saturated carbocycles. The van der Waals surface area contributed by atoms with Gasteiger partial charge in [0.2, 0.25) is 0 Å². The van der Waals surface area contributed by atoms with Gasteiger partial charge in [0.1, 0.15) is 0 Å². The summed E-state index contributed by atoms with van der Waals surface area (Å²) in [5, 5.41) is 4.61. The van der Waals surface area contributed by atoms with E-state index in [4.69, 9.17) is 4.74 Å². The minimum atomic E-state index is -3.16. The van der Waals surface area contributed by atoms with Crippen LogP contribution in [0.2, 0.25) is 0 Å². The van der Waals surface area contributed by atoms with E-state index in [1.165, 1.54) is 4.68 Å². The Balaban J connectivity index is 1.56. The first-order valence-corrected chi connectivity index (χ1v) is 13.5. The van der Waals surface area contributed by atoms with Gasteiger partial charge in [-0.2, -0.15) is 5.10 Å². The highest BCUT2D eigenvalue weighted by atomic mass is 32.2. The van der Waals surface area contributed by atoms with E-state index in [1.807, 2.05) is 74.5 Å². The number of sulfone groups is 1. The lowest BCUT2D eigenvalue weighted by Crippen LogP contribution is -2.48. The van der Waals surface area contributed by atoms with E-state index >= 15 is 0 Å². The average Bonchev–Trinajstić information content (AvgIpc) is 3.47. The number of carbonyl (C=O) groups excluding carboxylic acids is 2. The molecule has 1 saturated heterocycles.